The minimum atomic E-state index is 0.396. The average molecular weight is 288 g/mol. The fourth-order valence-corrected chi connectivity index (χ4v) is 2.66. The maximum atomic E-state index is 5.37. The molecule has 2 heterocycles. The zero-order chi connectivity index (χ0) is 11.7. The van der Waals surface area contributed by atoms with Gasteiger partial charge in [-0.05, 0) is 29.3 Å². The molecule has 1 saturated heterocycles. The third-order valence-electron chi connectivity index (χ3n) is 3.20. The summed E-state index contributed by atoms with van der Waals surface area (Å²) in [5.74, 6) is 0. The van der Waals surface area contributed by atoms with Crippen molar-refractivity contribution in [2.45, 2.75) is 26.0 Å². The van der Waals surface area contributed by atoms with E-state index in [4.69, 9.17) is 4.74 Å². The lowest BCUT2D eigenvalue weighted by atomic mass is 10.3. The van der Waals surface area contributed by atoms with E-state index in [1.54, 1.807) is 7.11 Å². The van der Waals surface area contributed by atoms with Gasteiger partial charge in [-0.15, -0.1) is 0 Å². The first-order chi connectivity index (χ1) is 7.61. The lowest BCUT2D eigenvalue weighted by Crippen LogP contribution is -2.23. The molecule has 0 bridgehead atoms. The number of hydrogen-bond donors (Lipinski definition) is 0. The molecule has 0 saturated carbocycles. The van der Waals surface area contributed by atoms with Gasteiger partial charge in [0.1, 0.15) is 0 Å². The number of hydrogen-bond acceptors (Lipinski definition) is 3. The lowest BCUT2D eigenvalue weighted by Gasteiger charge is -2.15. The Kier molecular flexibility index (Phi) is 3.66. The molecule has 1 aliphatic heterocycles. The highest BCUT2D eigenvalue weighted by Gasteiger charge is 2.24. The van der Waals surface area contributed by atoms with E-state index >= 15 is 0 Å². The zero-order valence-corrected chi connectivity index (χ0v) is 11.6. The Hall–Kier alpha value is -0.390. The molecular formula is C11H18BrN3O. The van der Waals surface area contributed by atoms with E-state index in [9.17, 15) is 0 Å². The van der Waals surface area contributed by atoms with Gasteiger partial charge < -0.3 is 4.74 Å². The predicted octanol–water partition coefficient (Wildman–Crippen LogP) is 1.71. The van der Waals surface area contributed by atoms with Crippen molar-refractivity contribution in [2.75, 3.05) is 20.2 Å². The third kappa shape index (κ3) is 2.31. The molecule has 1 aromatic heterocycles. The van der Waals surface area contributed by atoms with Gasteiger partial charge in [-0.25, -0.2) is 0 Å². The van der Waals surface area contributed by atoms with E-state index < -0.39 is 0 Å². The van der Waals surface area contributed by atoms with Crippen LogP contribution in [0, 0.1) is 6.92 Å². The highest BCUT2D eigenvalue weighted by atomic mass is 79.9. The van der Waals surface area contributed by atoms with Crippen LogP contribution in [0.1, 0.15) is 17.8 Å². The summed E-state index contributed by atoms with van der Waals surface area (Å²) >= 11 is 3.60. The van der Waals surface area contributed by atoms with Crippen molar-refractivity contribution in [3.8, 4) is 0 Å². The summed E-state index contributed by atoms with van der Waals surface area (Å²) in [6.45, 7) is 5.09. The van der Waals surface area contributed by atoms with Crippen LogP contribution in [0.25, 0.3) is 0 Å². The predicted molar refractivity (Wildman–Crippen MR) is 66.3 cm³/mol. The lowest BCUT2D eigenvalue weighted by molar-refractivity contribution is 0.107. The van der Waals surface area contributed by atoms with Crippen molar-refractivity contribution in [2.24, 2.45) is 7.05 Å². The van der Waals surface area contributed by atoms with Gasteiger partial charge in [0.05, 0.1) is 22.0 Å². The van der Waals surface area contributed by atoms with Gasteiger partial charge in [0.2, 0.25) is 0 Å². The van der Waals surface area contributed by atoms with Crippen LogP contribution in [0.2, 0.25) is 0 Å². The van der Waals surface area contributed by atoms with Crippen molar-refractivity contribution in [1.82, 2.24) is 14.7 Å². The SMILES string of the molecule is COC1CCN(Cc2c(Br)c(C)nn2C)C1. The van der Waals surface area contributed by atoms with Crippen molar-refractivity contribution in [3.63, 3.8) is 0 Å². The quantitative estimate of drug-likeness (QED) is 0.848. The third-order valence-corrected chi connectivity index (χ3v) is 4.23. The monoisotopic (exact) mass is 287 g/mol. The first kappa shape index (κ1) is 12.1. The zero-order valence-electron chi connectivity index (χ0n) is 10.0. The summed E-state index contributed by atoms with van der Waals surface area (Å²) in [5, 5.41) is 4.40. The standard InChI is InChI=1S/C11H18BrN3O/c1-8-11(12)10(14(2)13-8)7-15-5-4-9(6-15)16-3/h9H,4-7H2,1-3H3. The minimum Gasteiger partial charge on any atom is -0.380 e. The fraction of sp³-hybridized carbons (Fsp3) is 0.727. The number of ether oxygens (including phenoxy) is 1. The topological polar surface area (TPSA) is 30.3 Å². The van der Waals surface area contributed by atoms with Crippen LogP contribution in [0.4, 0.5) is 0 Å². The Bertz CT molecular complexity index is 378. The van der Waals surface area contributed by atoms with Crippen LogP contribution >= 0.6 is 15.9 Å². The van der Waals surface area contributed by atoms with E-state index in [1.165, 1.54) is 5.69 Å². The molecule has 0 N–H and O–H groups in total. The summed E-state index contributed by atoms with van der Waals surface area (Å²) in [4.78, 5) is 2.41. The Balaban J connectivity index is 2.04. The number of aromatic nitrogens is 2. The van der Waals surface area contributed by atoms with Gasteiger partial charge in [-0.3, -0.25) is 9.58 Å². The molecule has 0 aliphatic carbocycles. The molecule has 16 heavy (non-hydrogen) atoms. The van der Waals surface area contributed by atoms with Crippen LogP contribution in [-0.4, -0.2) is 41.0 Å². The highest BCUT2D eigenvalue weighted by Crippen LogP contribution is 2.23. The van der Waals surface area contributed by atoms with Crippen LogP contribution < -0.4 is 0 Å². The first-order valence-corrected chi connectivity index (χ1v) is 6.34. The second-order valence-corrected chi connectivity index (χ2v) is 5.14. The normalized spacial score (nSPS) is 21.9. The molecule has 1 aliphatic rings. The van der Waals surface area contributed by atoms with E-state index in [1.807, 2.05) is 18.7 Å². The number of rotatable bonds is 3. The molecule has 5 heteroatoms. The maximum Gasteiger partial charge on any atom is 0.0739 e. The second kappa shape index (κ2) is 4.85. The van der Waals surface area contributed by atoms with Gasteiger partial charge in [0.25, 0.3) is 0 Å². The molecule has 1 fully saturated rings. The Morgan fingerprint density at radius 1 is 1.56 bits per heavy atom. The van der Waals surface area contributed by atoms with Crippen LogP contribution in [0.15, 0.2) is 4.47 Å². The fourth-order valence-electron chi connectivity index (χ4n) is 2.20. The molecule has 0 spiro atoms. The molecular weight excluding hydrogens is 270 g/mol. The van der Waals surface area contributed by atoms with E-state index in [0.29, 0.717) is 6.10 Å². The molecule has 0 radical (unpaired) electrons. The molecule has 0 aromatic carbocycles. The highest BCUT2D eigenvalue weighted by molar-refractivity contribution is 9.10. The summed E-state index contributed by atoms with van der Waals surface area (Å²) < 4.78 is 8.46. The van der Waals surface area contributed by atoms with Gasteiger partial charge in [-0.1, -0.05) is 0 Å². The first-order valence-electron chi connectivity index (χ1n) is 5.55. The van der Waals surface area contributed by atoms with Gasteiger partial charge in [-0.2, -0.15) is 5.10 Å². The van der Waals surface area contributed by atoms with Gasteiger partial charge in [0, 0.05) is 33.8 Å². The van der Waals surface area contributed by atoms with E-state index in [-0.39, 0.29) is 0 Å². The maximum absolute atomic E-state index is 5.37. The number of nitrogens with zero attached hydrogens (tertiary/aromatic N) is 3. The summed E-state index contributed by atoms with van der Waals surface area (Å²) in [6.07, 6.45) is 1.53. The molecule has 1 unspecified atom stereocenters. The molecule has 90 valence electrons. The summed E-state index contributed by atoms with van der Waals surface area (Å²) in [7, 11) is 3.79. The molecule has 2 rings (SSSR count). The minimum absolute atomic E-state index is 0.396. The van der Waals surface area contributed by atoms with Gasteiger partial charge in [0.15, 0.2) is 0 Å². The van der Waals surface area contributed by atoms with Crippen LogP contribution in [0.5, 0.6) is 0 Å². The number of halogens is 1. The molecule has 1 aromatic rings. The summed E-state index contributed by atoms with van der Waals surface area (Å²) in [5.41, 5.74) is 2.30. The number of aryl methyl sites for hydroxylation is 2. The number of likely N-dealkylation sites (tertiary alicyclic amines) is 1. The average Bonchev–Trinajstić information content (AvgIpc) is 2.80. The van der Waals surface area contributed by atoms with Crippen molar-refractivity contribution < 1.29 is 4.74 Å². The summed E-state index contributed by atoms with van der Waals surface area (Å²) in [6, 6.07) is 0. The molecule has 0 amide bonds. The van der Waals surface area contributed by atoms with Crippen molar-refractivity contribution in [3.05, 3.63) is 15.9 Å². The Labute approximate surface area is 105 Å². The van der Waals surface area contributed by atoms with E-state index in [2.05, 4.69) is 25.9 Å². The Morgan fingerprint density at radius 3 is 2.81 bits per heavy atom. The molecule has 4 nitrogen and oxygen atoms in total. The van der Waals surface area contributed by atoms with Gasteiger partial charge >= 0.3 is 0 Å². The van der Waals surface area contributed by atoms with Crippen LogP contribution in [0.3, 0.4) is 0 Å². The van der Waals surface area contributed by atoms with Crippen molar-refractivity contribution in [1.29, 1.82) is 0 Å². The largest absolute Gasteiger partial charge is 0.380 e. The Morgan fingerprint density at radius 2 is 2.31 bits per heavy atom. The van der Waals surface area contributed by atoms with Crippen molar-refractivity contribution >= 4 is 15.9 Å². The smallest absolute Gasteiger partial charge is 0.0739 e. The molecule has 1 atom stereocenters. The number of methoxy groups -OCH3 is 1. The van der Waals surface area contributed by atoms with Crippen LogP contribution in [-0.2, 0) is 18.3 Å². The van der Waals surface area contributed by atoms with E-state index in [0.717, 1.165) is 36.2 Å². The second-order valence-electron chi connectivity index (χ2n) is 4.35.